The smallest absolute Gasteiger partial charge is 0.337 e. The molecule has 0 aliphatic carbocycles. The van der Waals surface area contributed by atoms with Crippen molar-refractivity contribution in [3.8, 4) is 0 Å². The first-order valence-electron chi connectivity index (χ1n) is 2.48. The van der Waals surface area contributed by atoms with Crippen LogP contribution in [0.15, 0.2) is 17.1 Å². The topological polar surface area (TPSA) is 83.0 Å². The normalized spacial score (nSPS) is 9.20. The van der Waals surface area contributed by atoms with Gasteiger partial charge in [-0.15, -0.1) is 0 Å². The van der Waals surface area contributed by atoms with E-state index in [-0.39, 0.29) is 5.56 Å². The number of carboxylic acids is 1. The van der Waals surface area contributed by atoms with E-state index in [1.165, 1.54) is 0 Å². The fraction of sp³-hybridized carbons (Fsp3) is 0. The molecule has 1 rings (SSSR count). The van der Waals surface area contributed by atoms with Gasteiger partial charge in [0.05, 0.1) is 11.8 Å². The number of aromatic nitrogens is 2. The molecule has 0 aliphatic heterocycles. The van der Waals surface area contributed by atoms with Crippen LogP contribution < -0.4 is 5.56 Å². The predicted molar refractivity (Wildman–Crippen MR) is 31.8 cm³/mol. The molecule has 5 heteroatoms. The van der Waals surface area contributed by atoms with Crippen molar-refractivity contribution in [2.24, 2.45) is 0 Å². The Morgan fingerprint density at radius 2 is 2.40 bits per heavy atom. The summed E-state index contributed by atoms with van der Waals surface area (Å²) in [6, 6.07) is 0.968. The summed E-state index contributed by atoms with van der Waals surface area (Å²) in [4.78, 5) is 20.6. The van der Waals surface area contributed by atoms with E-state index in [0.717, 1.165) is 12.3 Å². The minimum atomic E-state index is -1.15. The molecule has 0 atom stereocenters. The van der Waals surface area contributed by atoms with E-state index in [0.29, 0.717) is 0 Å². The summed E-state index contributed by atoms with van der Waals surface area (Å²) >= 11 is 0. The van der Waals surface area contributed by atoms with E-state index in [1.807, 2.05) is 0 Å². The summed E-state index contributed by atoms with van der Waals surface area (Å²) in [5.41, 5.74) is -0.622. The third kappa shape index (κ3) is 1.19. The van der Waals surface area contributed by atoms with Crippen molar-refractivity contribution in [1.29, 1.82) is 0 Å². The minimum Gasteiger partial charge on any atom is -0.478 e. The summed E-state index contributed by atoms with van der Waals surface area (Å²) < 4.78 is 0. The SMILES string of the molecule is O=C(O)c1cn[nH]c(=O)c1. The highest BCUT2D eigenvalue weighted by Crippen LogP contribution is 1.87. The Hall–Kier alpha value is -1.65. The number of rotatable bonds is 1. The monoisotopic (exact) mass is 140 g/mol. The number of hydrogen-bond donors (Lipinski definition) is 2. The van der Waals surface area contributed by atoms with Crippen LogP contribution in [0.3, 0.4) is 0 Å². The second-order valence-corrected chi connectivity index (χ2v) is 1.64. The molecule has 0 aromatic carbocycles. The Kier molecular flexibility index (Phi) is 1.49. The quantitative estimate of drug-likeness (QED) is 0.549. The van der Waals surface area contributed by atoms with Crippen LogP contribution in [0.5, 0.6) is 0 Å². The molecule has 5 nitrogen and oxygen atoms in total. The summed E-state index contributed by atoms with van der Waals surface area (Å²) in [7, 11) is 0. The molecular formula is C5H4N2O3. The Morgan fingerprint density at radius 1 is 1.70 bits per heavy atom. The predicted octanol–water partition coefficient (Wildman–Crippen LogP) is -0.532. The zero-order valence-corrected chi connectivity index (χ0v) is 4.87. The standard InChI is InChI=1S/C5H4N2O3/c8-4-1-3(5(9)10)2-6-7-4/h1-2H,(H,7,8)(H,9,10). The largest absolute Gasteiger partial charge is 0.478 e. The maximum absolute atomic E-state index is 10.4. The van der Waals surface area contributed by atoms with E-state index in [2.05, 4.69) is 10.2 Å². The zero-order chi connectivity index (χ0) is 7.56. The molecule has 0 fully saturated rings. The highest BCUT2D eigenvalue weighted by atomic mass is 16.4. The van der Waals surface area contributed by atoms with Crippen LogP contribution in [0.25, 0.3) is 0 Å². The molecule has 0 radical (unpaired) electrons. The molecule has 0 bridgehead atoms. The first-order chi connectivity index (χ1) is 4.70. The average molecular weight is 140 g/mol. The van der Waals surface area contributed by atoms with Crippen LogP contribution in [-0.4, -0.2) is 21.3 Å². The number of H-pyrrole nitrogens is 1. The lowest BCUT2D eigenvalue weighted by molar-refractivity contribution is 0.0696. The van der Waals surface area contributed by atoms with Gasteiger partial charge in [-0.1, -0.05) is 0 Å². The molecular weight excluding hydrogens is 136 g/mol. The van der Waals surface area contributed by atoms with Gasteiger partial charge >= 0.3 is 5.97 Å². The molecule has 1 heterocycles. The van der Waals surface area contributed by atoms with E-state index in [1.54, 1.807) is 0 Å². The van der Waals surface area contributed by atoms with Gasteiger partial charge in [0.2, 0.25) is 0 Å². The van der Waals surface area contributed by atoms with Crippen molar-refractivity contribution in [2.45, 2.75) is 0 Å². The van der Waals surface area contributed by atoms with Crippen molar-refractivity contribution >= 4 is 5.97 Å². The minimum absolute atomic E-state index is 0.108. The van der Waals surface area contributed by atoms with Crippen molar-refractivity contribution in [2.75, 3.05) is 0 Å². The van der Waals surface area contributed by atoms with Crippen molar-refractivity contribution in [3.63, 3.8) is 0 Å². The zero-order valence-electron chi connectivity index (χ0n) is 4.87. The fourth-order valence-electron chi connectivity index (χ4n) is 0.493. The molecule has 0 amide bonds. The molecule has 0 spiro atoms. The van der Waals surface area contributed by atoms with Gasteiger partial charge in [0.15, 0.2) is 0 Å². The van der Waals surface area contributed by atoms with Crippen molar-refractivity contribution in [3.05, 3.63) is 28.2 Å². The molecule has 0 saturated heterocycles. The van der Waals surface area contributed by atoms with Crippen molar-refractivity contribution < 1.29 is 9.90 Å². The van der Waals surface area contributed by atoms with E-state index >= 15 is 0 Å². The summed E-state index contributed by atoms with van der Waals surface area (Å²) in [5.74, 6) is -1.15. The van der Waals surface area contributed by atoms with Gasteiger partial charge in [0, 0.05) is 6.07 Å². The maximum Gasteiger partial charge on any atom is 0.337 e. The van der Waals surface area contributed by atoms with Crippen molar-refractivity contribution in [1.82, 2.24) is 10.2 Å². The fourth-order valence-corrected chi connectivity index (χ4v) is 0.493. The van der Waals surface area contributed by atoms with Gasteiger partial charge in [-0.05, 0) is 0 Å². The Balaban J connectivity index is 3.20. The van der Waals surface area contributed by atoms with Crippen LogP contribution >= 0.6 is 0 Å². The number of carboxylic acid groups (broad SMARTS) is 1. The number of nitrogens with one attached hydrogen (secondary N) is 1. The van der Waals surface area contributed by atoms with Gasteiger partial charge in [0.1, 0.15) is 0 Å². The molecule has 0 saturated carbocycles. The molecule has 1 aromatic rings. The molecule has 0 unspecified atom stereocenters. The van der Waals surface area contributed by atoms with Gasteiger partial charge in [-0.3, -0.25) is 4.79 Å². The molecule has 1 aromatic heterocycles. The Labute approximate surface area is 55.3 Å². The molecule has 52 valence electrons. The number of aromatic carboxylic acids is 1. The Morgan fingerprint density at radius 3 is 2.80 bits per heavy atom. The number of aromatic amines is 1. The lowest BCUT2D eigenvalue weighted by atomic mass is 10.3. The first-order valence-corrected chi connectivity index (χ1v) is 2.48. The summed E-state index contributed by atoms with van der Waals surface area (Å²) in [5, 5.41) is 13.7. The second kappa shape index (κ2) is 2.30. The highest BCUT2D eigenvalue weighted by molar-refractivity contribution is 5.86. The lowest BCUT2D eigenvalue weighted by Gasteiger charge is -1.87. The summed E-state index contributed by atoms with van der Waals surface area (Å²) in [6.07, 6.45) is 1.07. The van der Waals surface area contributed by atoms with Gasteiger partial charge in [-0.25, -0.2) is 9.89 Å². The Bertz CT molecular complexity index is 304. The molecule has 2 N–H and O–H groups in total. The maximum atomic E-state index is 10.4. The van der Waals surface area contributed by atoms with Crippen LogP contribution in [0, 0.1) is 0 Å². The van der Waals surface area contributed by atoms with Crippen LogP contribution in [0.2, 0.25) is 0 Å². The lowest BCUT2D eigenvalue weighted by Crippen LogP contribution is -2.10. The van der Waals surface area contributed by atoms with Crippen LogP contribution in [0.4, 0.5) is 0 Å². The number of nitrogens with zero attached hydrogens (tertiary/aromatic N) is 1. The van der Waals surface area contributed by atoms with Gasteiger partial charge in [0.25, 0.3) is 5.56 Å². The van der Waals surface area contributed by atoms with Crippen LogP contribution in [0.1, 0.15) is 10.4 Å². The first kappa shape index (κ1) is 6.47. The van der Waals surface area contributed by atoms with Gasteiger partial charge < -0.3 is 5.11 Å². The average Bonchev–Trinajstić information content (AvgIpc) is 1.88. The second-order valence-electron chi connectivity index (χ2n) is 1.64. The van der Waals surface area contributed by atoms with Crippen LogP contribution in [-0.2, 0) is 0 Å². The van der Waals surface area contributed by atoms with E-state index in [9.17, 15) is 9.59 Å². The number of carbonyl (C=O) groups is 1. The molecule has 10 heavy (non-hydrogen) atoms. The number of hydrogen-bond acceptors (Lipinski definition) is 3. The highest BCUT2D eigenvalue weighted by Gasteiger charge is 2.01. The van der Waals surface area contributed by atoms with Gasteiger partial charge in [-0.2, -0.15) is 5.10 Å². The third-order valence-electron chi connectivity index (χ3n) is 0.912. The molecule has 0 aliphatic rings. The summed E-state index contributed by atoms with van der Waals surface area (Å²) in [6.45, 7) is 0. The van der Waals surface area contributed by atoms with E-state index in [4.69, 9.17) is 5.11 Å². The van der Waals surface area contributed by atoms with E-state index < -0.39 is 11.5 Å². The third-order valence-corrected chi connectivity index (χ3v) is 0.912.